The van der Waals surface area contributed by atoms with Gasteiger partial charge >= 0.3 is 5.97 Å². The average molecular weight is 332 g/mol. The highest BCUT2D eigenvalue weighted by Crippen LogP contribution is 2.14. The Labute approximate surface area is 141 Å². The summed E-state index contributed by atoms with van der Waals surface area (Å²) in [5.74, 6) is -0.461. The molecular formula is C18H24N2O4. The first-order chi connectivity index (χ1) is 11.7. The van der Waals surface area contributed by atoms with Crippen molar-refractivity contribution >= 4 is 23.1 Å². The number of benzene rings is 1. The van der Waals surface area contributed by atoms with Crippen molar-refractivity contribution in [3.8, 4) is 0 Å². The van der Waals surface area contributed by atoms with Crippen LogP contribution in [0.15, 0.2) is 35.3 Å². The lowest BCUT2D eigenvalue weighted by Gasteiger charge is -2.22. The molecule has 0 saturated carbocycles. The summed E-state index contributed by atoms with van der Waals surface area (Å²) in [5.41, 5.74) is 1.81. The van der Waals surface area contributed by atoms with E-state index in [1.165, 1.54) is 0 Å². The smallest absolute Gasteiger partial charge is 0.336 e. The van der Waals surface area contributed by atoms with Crippen molar-refractivity contribution < 1.29 is 19.0 Å². The fourth-order valence-corrected chi connectivity index (χ4v) is 2.35. The number of H-pyrrole nitrogens is 1. The Balaban J connectivity index is 2.23. The molecule has 0 amide bonds. The second-order valence-corrected chi connectivity index (χ2v) is 5.07. The molecule has 6 nitrogen and oxygen atoms in total. The molecule has 0 saturated heterocycles. The number of carbonyl (C=O) groups excluding carboxylic acids is 1. The van der Waals surface area contributed by atoms with Gasteiger partial charge in [-0.3, -0.25) is 4.99 Å². The molecule has 1 aromatic heterocycles. The van der Waals surface area contributed by atoms with E-state index in [4.69, 9.17) is 14.2 Å². The van der Waals surface area contributed by atoms with Crippen molar-refractivity contribution in [2.75, 3.05) is 19.8 Å². The number of nitrogens with zero attached hydrogens (tertiary/aromatic N) is 1. The zero-order valence-electron chi connectivity index (χ0n) is 14.3. The Hall–Kier alpha value is -2.18. The Bertz CT molecular complexity index is 641. The van der Waals surface area contributed by atoms with E-state index in [0.29, 0.717) is 13.2 Å². The molecule has 0 radical (unpaired) electrons. The van der Waals surface area contributed by atoms with Gasteiger partial charge in [0, 0.05) is 30.3 Å². The van der Waals surface area contributed by atoms with E-state index in [-0.39, 0.29) is 6.61 Å². The third-order valence-electron chi connectivity index (χ3n) is 3.37. The molecule has 1 heterocycles. The van der Waals surface area contributed by atoms with E-state index in [0.717, 1.165) is 16.6 Å². The summed E-state index contributed by atoms with van der Waals surface area (Å²) in [6.07, 6.45) is 0.853. The van der Waals surface area contributed by atoms with Crippen LogP contribution in [-0.4, -0.2) is 49.3 Å². The topological polar surface area (TPSA) is 72.9 Å². The van der Waals surface area contributed by atoms with Gasteiger partial charge in [0.1, 0.15) is 0 Å². The Kier molecular flexibility index (Phi) is 6.96. The summed E-state index contributed by atoms with van der Waals surface area (Å²) in [4.78, 5) is 19.8. The summed E-state index contributed by atoms with van der Waals surface area (Å²) in [6.45, 7) is 6.56. The molecule has 0 aliphatic carbocycles. The van der Waals surface area contributed by atoms with E-state index < -0.39 is 18.3 Å². The van der Waals surface area contributed by atoms with Gasteiger partial charge in [-0.2, -0.15) is 0 Å². The molecule has 2 aromatic rings. The molecule has 0 spiro atoms. The molecule has 1 aromatic carbocycles. The quantitative estimate of drug-likeness (QED) is 0.435. The molecule has 0 fully saturated rings. The number of esters is 1. The number of aromatic amines is 1. The number of aromatic nitrogens is 1. The number of para-hydroxylation sites is 1. The van der Waals surface area contributed by atoms with Gasteiger partial charge in [-0.25, -0.2) is 4.79 Å². The van der Waals surface area contributed by atoms with Gasteiger partial charge in [0.2, 0.25) is 0 Å². The molecule has 24 heavy (non-hydrogen) atoms. The van der Waals surface area contributed by atoms with Crippen LogP contribution in [0.1, 0.15) is 26.5 Å². The first-order valence-electron chi connectivity index (χ1n) is 8.20. The van der Waals surface area contributed by atoms with Gasteiger partial charge in [-0.1, -0.05) is 18.2 Å². The lowest BCUT2D eigenvalue weighted by Crippen LogP contribution is -2.38. The normalized spacial score (nSPS) is 13.0. The van der Waals surface area contributed by atoms with Gasteiger partial charge in [0.25, 0.3) is 0 Å². The molecular weight excluding hydrogens is 308 g/mol. The van der Waals surface area contributed by atoms with E-state index in [2.05, 4.69) is 9.98 Å². The van der Waals surface area contributed by atoms with Crippen LogP contribution >= 0.6 is 0 Å². The van der Waals surface area contributed by atoms with Crippen molar-refractivity contribution in [3.63, 3.8) is 0 Å². The predicted molar refractivity (Wildman–Crippen MR) is 93.4 cm³/mol. The number of ether oxygens (including phenoxy) is 3. The molecule has 2 rings (SSSR count). The summed E-state index contributed by atoms with van der Waals surface area (Å²) in [5, 5.41) is 1.08. The second-order valence-electron chi connectivity index (χ2n) is 5.07. The molecule has 1 atom stereocenters. The first-order valence-corrected chi connectivity index (χ1v) is 8.20. The van der Waals surface area contributed by atoms with Gasteiger partial charge in [-0.15, -0.1) is 0 Å². The molecule has 0 aliphatic rings. The zero-order chi connectivity index (χ0) is 17.4. The van der Waals surface area contributed by atoms with Crippen LogP contribution in [-0.2, 0) is 19.0 Å². The standard InChI is InChI=1S/C18H24N2O4/c1-4-22-17(21)16(18(23-5-2)24-6-3)19-12-14-11-13-9-7-8-10-15(13)20-14/h7-12,16,18,20H,4-6H2,1-3H3. The molecule has 0 aliphatic heterocycles. The Morgan fingerprint density at radius 3 is 2.50 bits per heavy atom. The van der Waals surface area contributed by atoms with Crippen LogP contribution in [0.4, 0.5) is 0 Å². The highest BCUT2D eigenvalue weighted by molar-refractivity contribution is 5.90. The van der Waals surface area contributed by atoms with Crippen molar-refractivity contribution in [1.82, 2.24) is 4.98 Å². The fraction of sp³-hybridized carbons (Fsp3) is 0.444. The number of rotatable bonds is 9. The molecule has 0 bridgehead atoms. The number of aliphatic imine (C=N–C) groups is 1. The monoisotopic (exact) mass is 332 g/mol. The maximum absolute atomic E-state index is 12.2. The van der Waals surface area contributed by atoms with Gasteiger partial charge < -0.3 is 19.2 Å². The second kappa shape index (κ2) is 9.20. The number of nitrogens with one attached hydrogen (secondary N) is 1. The van der Waals surface area contributed by atoms with Gasteiger partial charge in [0.15, 0.2) is 12.3 Å². The summed E-state index contributed by atoms with van der Waals surface area (Å²) in [6, 6.07) is 9.03. The molecule has 1 N–H and O–H groups in total. The summed E-state index contributed by atoms with van der Waals surface area (Å²) in [7, 11) is 0. The minimum atomic E-state index is -0.865. The van der Waals surface area contributed by atoms with Crippen LogP contribution in [0.2, 0.25) is 0 Å². The Morgan fingerprint density at radius 2 is 1.88 bits per heavy atom. The van der Waals surface area contributed by atoms with E-state index >= 15 is 0 Å². The van der Waals surface area contributed by atoms with Gasteiger partial charge in [0.05, 0.1) is 12.3 Å². The van der Waals surface area contributed by atoms with Gasteiger partial charge in [-0.05, 0) is 32.9 Å². The van der Waals surface area contributed by atoms with E-state index in [1.54, 1.807) is 13.1 Å². The van der Waals surface area contributed by atoms with Crippen LogP contribution in [0.3, 0.4) is 0 Å². The molecule has 130 valence electrons. The molecule has 1 unspecified atom stereocenters. The van der Waals surface area contributed by atoms with Crippen molar-refractivity contribution in [2.24, 2.45) is 4.99 Å². The number of carbonyl (C=O) groups is 1. The SMILES string of the molecule is CCOC(=O)C(N=Cc1cc2ccccc2[nH]1)C(OCC)OCC. The third-order valence-corrected chi connectivity index (χ3v) is 3.37. The Morgan fingerprint density at radius 1 is 1.17 bits per heavy atom. The van der Waals surface area contributed by atoms with Crippen LogP contribution in [0, 0.1) is 0 Å². The summed E-state index contributed by atoms with van der Waals surface area (Å²) < 4.78 is 16.1. The van der Waals surface area contributed by atoms with E-state index in [9.17, 15) is 4.79 Å². The van der Waals surface area contributed by atoms with Crippen molar-refractivity contribution in [1.29, 1.82) is 0 Å². The third kappa shape index (κ3) is 4.66. The van der Waals surface area contributed by atoms with Crippen LogP contribution < -0.4 is 0 Å². The van der Waals surface area contributed by atoms with E-state index in [1.807, 2.05) is 44.2 Å². The first kappa shape index (κ1) is 18.2. The van der Waals surface area contributed by atoms with Crippen LogP contribution in [0.25, 0.3) is 10.9 Å². The average Bonchev–Trinajstić information content (AvgIpc) is 2.98. The lowest BCUT2D eigenvalue weighted by atomic mass is 10.2. The highest BCUT2D eigenvalue weighted by Gasteiger charge is 2.30. The largest absolute Gasteiger partial charge is 0.464 e. The molecule has 6 heteroatoms. The predicted octanol–water partition coefficient (Wildman–Crippen LogP) is 2.92. The van der Waals surface area contributed by atoms with Crippen LogP contribution in [0.5, 0.6) is 0 Å². The summed E-state index contributed by atoms with van der Waals surface area (Å²) >= 11 is 0. The highest BCUT2D eigenvalue weighted by atomic mass is 16.7. The number of hydrogen-bond donors (Lipinski definition) is 1. The minimum Gasteiger partial charge on any atom is -0.464 e. The minimum absolute atomic E-state index is 0.280. The number of hydrogen-bond acceptors (Lipinski definition) is 5. The maximum Gasteiger partial charge on any atom is 0.336 e. The van der Waals surface area contributed by atoms with Crippen molar-refractivity contribution in [3.05, 3.63) is 36.0 Å². The fourth-order valence-electron chi connectivity index (χ4n) is 2.35. The maximum atomic E-state index is 12.2. The lowest BCUT2D eigenvalue weighted by molar-refractivity contribution is -0.174. The van der Waals surface area contributed by atoms with Crippen molar-refractivity contribution in [2.45, 2.75) is 33.1 Å². The number of fused-ring (bicyclic) bond motifs is 1. The zero-order valence-corrected chi connectivity index (χ0v) is 14.3.